The van der Waals surface area contributed by atoms with Crippen LogP contribution in [0, 0.1) is 13.8 Å². The largest absolute Gasteiger partial charge is 0.423 e. The van der Waals surface area contributed by atoms with Crippen molar-refractivity contribution in [3.05, 3.63) is 70.8 Å². The number of benzene rings is 2. The van der Waals surface area contributed by atoms with Gasteiger partial charge in [0, 0.05) is 5.56 Å². The summed E-state index contributed by atoms with van der Waals surface area (Å²) in [5, 5.41) is 12.4. The number of hydrogen-bond donors (Lipinski definition) is 2. The van der Waals surface area contributed by atoms with Crippen molar-refractivity contribution in [2.24, 2.45) is 0 Å². The molecule has 0 spiro atoms. The lowest BCUT2D eigenvalue weighted by atomic mass is 9.93. The Balaban J connectivity index is 2.24. The van der Waals surface area contributed by atoms with E-state index in [9.17, 15) is 23.1 Å². The lowest BCUT2D eigenvalue weighted by Gasteiger charge is -2.31. The van der Waals surface area contributed by atoms with Crippen LogP contribution in [0.15, 0.2) is 48.5 Å². The first-order chi connectivity index (χ1) is 11.1. The molecule has 2 N–H and O–H groups in total. The lowest BCUT2D eigenvalue weighted by molar-refractivity contribution is -0.263. The smallest absolute Gasteiger partial charge is 0.375 e. The molecule has 2 aromatic carbocycles. The van der Waals surface area contributed by atoms with E-state index >= 15 is 0 Å². The Labute approximate surface area is 138 Å². The van der Waals surface area contributed by atoms with Crippen LogP contribution in [-0.4, -0.2) is 23.7 Å². The molecule has 0 aromatic heterocycles. The first-order valence-corrected chi connectivity index (χ1v) is 7.34. The molecule has 0 heterocycles. The molecular formula is C18H18F3NO2. The molecule has 24 heavy (non-hydrogen) atoms. The number of alkyl halides is 3. The second-order valence-corrected chi connectivity index (χ2v) is 5.78. The fraction of sp³-hybridized carbons (Fsp3) is 0.278. The van der Waals surface area contributed by atoms with Crippen LogP contribution >= 0.6 is 0 Å². The van der Waals surface area contributed by atoms with Gasteiger partial charge in [0.25, 0.3) is 5.91 Å². The molecule has 1 unspecified atom stereocenters. The predicted molar refractivity (Wildman–Crippen MR) is 84.6 cm³/mol. The lowest BCUT2D eigenvalue weighted by Crippen LogP contribution is -2.51. The minimum atomic E-state index is -4.93. The van der Waals surface area contributed by atoms with Crippen molar-refractivity contribution < 1.29 is 23.1 Å². The summed E-state index contributed by atoms with van der Waals surface area (Å²) in [5.41, 5.74) is -1.56. The number of amides is 1. The summed E-state index contributed by atoms with van der Waals surface area (Å²) in [4.78, 5) is 12.2. The number of halogens is 3. The Morgan fingerprint density at radius 3 is 2.08 bits per heavy atom. The van der Waals surface area contributed by atoms with Crippen LogP contribution in [-0.2, 0) is 5.60 Å². The van der Waals surface area contributed by atoms with Gasteiger partial charge in [-0.25, -0.2) is 0 Å². The van der Waals surface area contributed by atoms with Gasteiger partial charge in [0.15, 0.2) is 0 Å². The van der Waals surface area contributed by atoms with Crippen molar-refractivity contribution in [1.82, 2.24) is 5.32 Å². The van der Waals surface area contributed by atoms with E-state index in [0.29, 0.717) is 0 Å². The van der Waals surface area contributed by atoms with Gasteiger partial charge < -0.3 is 10.4 Å². The van der Waals surface area contributed by atoms with Gasteiger partial charge in [-0.15, -0.1) is 0 Å². The van der Waals surface area contributed by atoms with Crippen LogP contribution < -0.4 is 5.32 Å². The summed E-state index contributed by atoms with van der Waals surface area (Å²) in [7, 11) is 0. The highest BCUT2D eigenvalue weighted by Gasteiger charge is 2.55. The highest BCUT2D eigenvalue weighted by Crippen LogP contribution is 2.38. The van der Waals surface area contributed by atoms with Gasteiger partial charge in [-0.1, -0.05) is 47.5 Å². The second kappa shape index (κ2) is 6.65. The zero-order chi connectivity index (χ0) is 18.0. The Morgan fingerprint density at radius 2 is 1.58 bits per heavy atom. The molecular weight excluding hydrogens is 319 g/mol. The van der Waals surface area contributed by atoms with Gasteiger partial charge in [0.1, 0.15) is 0 Å². The number of carbonyl (C=O) groups is 1. The monoisotopic (exact) mass is 337 g/mol. The van der Waals surface area contributed by atoms with Crippen LogP contribution in [0.2, 0.25) is 0 Å². The molecule has 0 aliphatic carbocycles. The van der Waals surface area contributed by atoms with Gasteiger partial charge in [-0.2, -0.15) is 13.2 Å². The van der Waals surface area contributed by atoms with E-state index < -0.39 is 24.2 Å². The van der Waals surface area contributed by atoms with Gasteiger partial charge in [0.05, 0.1) is 6.54 Å². The molecule has 2 aromatic rings. The molecule has 0 aliphatic rings. The number of aliphatic hydroxyl groups is 1. The standard InChI is InChI=1S/C18H18F3NO2/c1-12-8-13(2)10-14(9-12)16(23)22-11-17(24,18(19,20)21)15-6-4-3-5-7-15/h3-10,24H,11H2,1-2H3,(H,22,23). The van der Waals surface area contributed by atoms with Gasteiger partial charge in [-0.05, 0) is 31.5 Å². The third kappa shape index (κ3) is 3.76. The predicted octanol–water partition coefficient (Wildman–Crippen LogP) is 3.48. The van der Waals surface area contributed by atoms with Crippen molar-refractivity contribution in [1.29, 1.82) is 0 Å². The summed E-state index contributed by atoms with van der Waals surface area (Å²) in [6.07, 6.45) is -4.93. The number of rotatable bonds is 4. The minimum Gasteiger partial charge on any atom is -0.375 e. The van der Waals surface area contributed by atoms with Crippen LogP contribution in [0.25, 0.3) is 0 Å². The summed E-state index contributed by atoms with van der Waals surface area (Å²) >= 11 is 0. The van der Waals surface area contributed by atoms with Crippen molar-refractivity contribution in [2.45, 2.75) is 25.6 Å². The molecule has 2 rings (SSSR count). The average Bonchev–Trinajstić information content (AvgIpc) is 2.51. The summed E-state index contributed by atoms with van der Waals surface area (Å²) in [5.74, 6) is -0.666. The van der Waals surface area contributed by atoms with E-state index in [1.807, 2.05) is 6.07 Å². The molecule has 6 heteroatoms. The van der Waals surface area contributed by atoms with E-state index in [1.165, 1.54) is 24.3 Å². The number of hydrogen-bond acceptors (Lipinski definition) is 2. The zero-order valence-corrected chi connectivity index (χ0v) is 13.3. The fourth-order valence-corrected chi connectivity index (χ4v) is 2.50. The summed E-state index contributed by atoms with van der Waals surface area (Å²) in [6, 6.07) is 11.7. The normalized spacial score (nSPS) is 14.1. The van der Waals surface area contributed by atoms with E-state index in [2.05, 4.69) is 5.32 Å². The first kappa shape index (κ1) is 18.0. The number of carbonyl (C=O) groups excluding carboxylic acids is 1. The Kier molecular flexibility index (Phi) is 4.99. The van der Waals surface area contributed by atoms with Crippen molar-refractivity contribution >= 4 is 5.91 Å². The molecule has 0 saturated heterocycles. The molecule has 128 valence electrons. The van der Waals surface area contributed by atoms with Gasteiger partial charge >= 0.3 is 6.18 Å². The SMILES string of the molecule is Cc1cc(C)cc(C(=O)NCC(O)(c2ccccc2)C(F)(F)F)c1. The maximum atomic E-state index is 13.4. The quantitative estimate of drug-likeness (QED) is 0.897. The minimum absolute atomic E-state index is 0.255. The van der Waals surface area contributed by atoms with E-state index in [1.54, 1.807) is 32.0 Å². The van der Waals surface area contributed by atoms with Crippen LogP contribution in [0.5, 0.6) is 0 Å². The van der Waals surface area contributed by atoms with Gasteiger partial charge in [0.2, 0.25) is 5.60 Å². The Morgan fingerprint density at radius 1 is 1.04 bits per heavy atom. The van der Waals surface area contributed by atoms with Crippen molar-refractivity contribution in [3.63, 3.8) is 0 Å². The van der Waals surface area contributed by atoms with Crippen LogP contribution in [0.3, 0.4) is 0 Å². The van der Waals surface area contributed by atoms with E-state index in [4.69, 9.17) is 0 Å². The van der Waals surface area contributed by atoms with Gasteiger partial charge in [-0.3, -0.25) is 4.79 Å². The van der Waals surface area contributed by atoms with Crippen LogP contribution in [0.4, 0.5) is 13.2 Å². The summed E-state index contributed by atoms with van der Waals surface area (Å²) < 4.78 is 40.1. The maximum Gasteiger partial charge on any atom is 0.423 e. The average molecular weight is 337 g/mol. The highest BCUT2D eigenvalue weighted by molar-refractivity contribution is 5.94. The Bertz CT molecular complexity index is 709. The molecule has 0 saturated carbocycles. The van der Waals surface area contributed by atoms with Crippen LogP contribution in [0.1, 0.15) is 27.0 Å². The van der Waals surface area contributed by atoms with Crippen molar-refractivity contribution in [2.75, 3.05) is 6.54 Å². The second-order valence-electron chi connectivity index (χ2n) is 5.78. The number of aryl methyl sites for hydroxylation is 2. The molecule has 0 aliphatic heterocycles. The Hall–Kier alpha value is -2.34. The molecule has 3 nitrogen and oxygen atoms in total. The topological polar surface area (TPSA) is 49.3 Å². The molecule has 0 radical (unpaired) electrons. The van der Waals surface area contributed by atoms with Crippen molar-refractivity contribution in [3.8, 4) is 0 Å². The third-order valence-electron chi connectivity index (χ3n) is 3.71. The summed E-state index contributed by atoms with van der Waals surface area (Å²) in [6.45, 7) is 2.62. The van der Waals surface area contributed by atoms with E-state index in [0.717, 1.165) is 11.1 Å². The first-order valence-electron chi connectivity index (χ1n) is 7.34. The molecule has 0 fully saturated rings. The maximum absolute atomic E-state index is 13.4. The third-order valence-corrected chi connectivity index (χ3v) is 3.71. The fourth-order valence-electron chi connectivity index (χ4n) is 2.50. The van der Waals surface area contributed by atoms with E-state index in [-0.39, 0.29) is 11.1 Å². The molecule has 1 atom stereocenters. The number of nitrogens with one attached hydrogen (secondary N) is 1. The highest BCUT2D eigenvalue weighted by atomic mass is 19.4. The molecule has 1 amide bonds. The zero-order valence-electron chi connectivity index (χ0n) is 13.3. The molecule has 0 bridgehead atoms.